The first-order valence-corrected chi connectivity index (χ1v) is 10.0. The van der Waals surface area contributed by atoms with Crippen LogP contribution in [0.15, 0.2) is 24.3 Å². The number of nitrogens with one attached hydrogen (secondary N) is 1. The van der Waals surface area contributed by atoms with Gasteiger partial charge in [0.15, 0.2) is 0 Å². The van der Waals surface area contributed by atoms with E-state index in [1.165, 1.54) is 11.8 Å². The average Bonchev–Trinajstić information content (AvgIpc) is 2.64. The molecule has 25 heavy (non-hydrogen) atoms. The number of thiocarbonyl (C=S) groups is 1. The molecule has 1 amide bonds. The number of benzene rings is 1. The van der Waals surface area contributed by atoms with Crippen LogP contribution >= 0.6 is 24.0 Å². The number of carbonyl (C=O) groups is 1. The number of carbonyl (C=O) groups excluding carboxylic acids is 1. The van der Waals surface area contributed by atoms with E-state index in [9.17, 15) is 4.79 Å². The predicted molar refractivity (Wildman–Crippen MR) is 111 cm³/mol. The second-order valence-corrected chi connectivity index (χ2v) is 7.81. The molecule has 1 N–H and O–H groups in total. The van der Waals surface area contributed by atoms with Crippen molar-refractivity contribution in [1.82, 2.24) is 4.90 Å². The van der Waals surface area contributed by atoms with E-state index >= 15 is 0 Å². The Labute approximate surface area is 160 Å². The number of hydrogen-bond acceptors (Lipinski definition) is 5. The summed E-state index contributed by atoms with van der Waals surface area (Å²) in [6.45, 7) is 11.1. The Morgan fingerprint density at radius 2 is 1.88 bits per heavy atom. The van der Waals surface area contributed by atoms with Crippen molar-refractivity contribution in [3.8, 4) is 0 Å². The van der Waals surface area contributed by atoms with Crippen molar-refractivity contribution >= 4 is 45.6 Å². The van der Waals surface area contributed by atoms with Gasteiger partial charge in [-0.3, -0.25) is 4.79 Å². The molecule has 0 aliphatic carbocycles. The molecule has 1 saturated heterocycles. The number of morpholine rings is 1. The topological polar surface area (TPSA) is 44.8 Å². The van der Waals surface area contributed by atoms with Crippen LogP contribution in [0.25, 0.3) is 0 Å². The van der Waals surface area contributed by atoms with Gasteiger partial charge in [0, 0.05) is 37.6 Å². The van der Waals surface area contributed by atoms with Crippen LogP contribution in [-0.2, 0) is 9.53 Å². The molecule has 0 bridgehead atoms. The fraction of sp³-hybridized carbons (Fsp3) is 0.556. The quantitative estimate of drug-likeness (QED) is 0.764. The smallest absolute Gasteiger partial charge is 0.237 e. The summed E-state index contributed by atoms with van der Waals surface area (Å²) in [5.41, 5.74) is 1.97. The van der Waals surface area contributed by atoms with Crippen molar-refractivity contribution in [2.45, 2.75) is 26.0 Å². The summed E-state index contributed by atoms with van der Waals surface area (Å²) in [7, 11) is 0. The molecule has 0 spiro atoms. The van der Waals surface area contributed by atoms with Crippen LogP contribution in [-0.4, -0.2) is 59.8 Å². The van der Waals surface area contributed by atoms with Gasteiger partial charge in [0.05, 0.1) is 18.5 Å². The fourth-order valence-electron chi connectivity index (χ4n) is 2.58. The van der Waals surface area contributed by atoms with Crippen LogP contribution in [0.1, 0.15) is 20.8 Å². The summed E-state index contributed by atoms with van der Waals surface area (Å²) in [6.07, 6.45) is 0. The molecule has 2 rings (SSSR count). The first-order chi connectivity index (χ1) is 12.0. The number of rotatable bonds is 6. The van der Waals surface area contributed by atoms with E-state index in [-0.39, 0.29) is 11.2 Å². The van der Waals surface area contributed by atoms with Gasteiger partial charge in [-0.1, -0.05) is 24.0 Å². The Morgan fingerprint density at radius 3 is 2.44 bits per heavy atom. The third-order valence-corrected chi connectivity index (χ3v) is 5.75. The first-order valence-electron chi connectivity index (χ1n) is 8.74. The molecule has 138 valence electrons. The summed E-state index contributed by atoms with van der Waals surface area (Å²) in [4.78, 5) is 16.8. The highest BCUT2D eigenvalue weighted by atomic mass is 32.2. The minimum atomic E-state index is -0.230. The van der Waals surface area contributed by atoms with E-state index in [0.717, 1.165) is 55.1 Å². The highest BCUT2D eigenvalue weighted by molar-refractivity contribution is 8.23. The molecule has 1 aliphatic heterocycles. The molecule has 1 fully saturated rings. The van der Waals surface area contributed by atoms with Gasteiger partial charge in [-0.2, -0.15) is 0 Å². The van der Waals surface area contributed by atoms with E-state index in [1.807, 2.05) is 31.2 Å². The van der Waals surface area contributed by atoms with Gasteiger partial charge < -0.3 is 19.9 Å². The summed E-state index contributed by atoms with van der Waals surface area (Å²) in [5.74, 6) is -0.0290. The number of amides is 1. The predicted octanol–water partition coefficient (Wildman–Crippen LogP) is 3.21. The van der Waals surface area contributed by atoms with E-state index < -0.39 is 0 Å². The Balaban J connectivity index is 1.88. The number of anilines is 2. The van der Waals surface area contributed by atoms with Gasteiger partial charge in [0.1, 0.15) is 4.32 Å². The molecule has 5 nitrogen and oxygen atoms in total. The molecule has 0 aromatic heterocycles. The van der Waals surface area contributed by atoms with Gasteiger partial charge in [-0.15, -0.1) is 0 Å². The van der Waals surface area contributed by atoms with E-state index in [0.29, 0.717) is 0 Å². The lowest BCUT2D eigenvalue weighted by molar-refractivity contribution is -0.115. The van der Waals surface area contributed by atoms with Crippen LogP contribution in [0.4, 0.5) is 11.4 Å². The zero-order chi connectivity index (χ0) is 18.2. The van der Waals surface area contributed by atoms with Crippen molar-refractivity contribution in [1.29, 1.82) is 0 Å². The van der Waals surface area contributed by atoms with E-state index in [2.05, 4.69) is 29.0 Å². The average molecular weight is 382 g/mol. The Bertz CT molecular complexity index is 570. The third-order valence-electron chi connectivity index (χ3n) is 4.18. The second-order valence-electron chi connectivity index (χ2n) is 5.83. The van der Waals surface area contributed by atoms with Gasteiger partial charge >= 0.3 is 0 Å². The number of thioether (sulfide) groups is 1. The van der Waals surface area contributed by atoms with E-state index in [1.54, 1.807) is 0 Å². The monoisotopic (exact) mass is 381 g/mol. The molecule has 1 aromatic carbocycles. The van der Waals surface area contributed by atoms with Crippen molar-refractivity contribution in [3.63, 3.8) is 0 Å². The molecular weight excluding hydrogens is 354 g/mol. The third kappa shape index (κ3) is 5.87. The molecular formula is C18H27N3O2S2. The van der Waals surface area contributed by atoms with Crippen LogP contribution in [0.5, 0.6) is 0 Å². The summed E-state index contributed by atoms with van der Waals surface area (Å²) in [5, 5.41) is 2.74. The highest BCUT2D eigenvalue weighted by Crippen LogP contribution is 2.21. The largest absolute Gasteiger partial charge is 0.378 e. The molecule has 7 heteroatoms. The normalized spacial score (nSPS) is 15.6. The summed E-state index contributed by atoms with van der Waals surface area (Å²) in [6, 6.07) is 7.98. The minimum absolute atomic E-state index is 0.0290. The van der Waals surface area contributed by atoms with Crippen LogP contribution in [0.2, 0.25) is 0 Å². The Morgan fingerprint density at radius 1 is 1.28 bits per heavy atom. The fourth-order valence-corrected chi connectivity index (χ4v) is 4.15. The van der Waals surface area contributed by atoms with Crippen molar-refractivity contribution in [3.05, 3.63) is 24.3 Å². The molecule has 0 saturated carbocycles. The molecule has 1 atom stereocenters. The zero-order valence-electron chi connectivity index (χ0n) is 15.2. The molecule has 1 aromatic rings. The number of nitrogens with zero attached hydrogens (tertiary/aromatic N) is 2. The summed E-state index contributed by atoms with van der Waals surface area (Å²) < 4.78 is 6.15. The first kappa shape index (κ1) is 20.0. The van der Waals surface area contributed by atoms with Crippen LogP contribution in [0.3, 0.4) is 0 Å². The zero-order valence-corrected chi connectivity index (χ0v) is 16.8. The van der Waals surface area contributed by atoms with Gasteiger partial charge in [-0.25, -0.2) is 0 Å². The number of ether oxygens (including phenoxy) is 1. The van der Waals surface area contributed by atoms with Crippen molar-refractivity contribution < 1.29 is 9.53 Å². The molecule has 1 heterocycles. The maximum atomic E-state index is 12.4. The number of hydrogen-bond donors (Lipinski definition) is 1. The summed E-state index contributed by atoms with van der Waals surface area (Å²) >= 11 is 6.85. The van der Waals surface area contributed by atoms with E-state index in [4.69, 9.17) is 17.0 Å². The maximum Gasteiger partial charge on any atom is 0.237 e. The van der Waals surface area contributed by atoms with Crippen molar-refractivity contribution in [2.75, 3.05) is 49.6 Å². The maximum absolute atomic E-state index is 12.4. The lowest BCUT2D eigenvalue weighted by Gasteiger charge is -2.29. The Kier molecular flexibility index (Phi) is 7.99. The van der Waals surface area contributed by atoms with Crippen molar-refractivity contribution in [2.24, 2.45) is 0 Å². The standard InChI is InChI=1S/C18H27N3O2S2/c1-4-20(5-2)18(24)25-14(3)17(22)19-15-6-8-16(9-7-15)21-10-12-23-13-11-21/h6-9,14H,4-5,10-13H2,1-3H3,(H,19,22)/t14-/m1/s1. The Hall–Kier alpha value is -1.31. The molecule has 0 unspecified atom stereocenters. The van der Waals surface area contributed by atoms with Gasteiger partial charge in [0.25, 0.3) is 0 Å². The molecule has 0 radical (unpaired) electrons. The lowest BCUT2D eigenvalue weighted by Crippen LogP contribution is -2.36. The van der Waals surface area contributed by atoms with Crippen LogP contribution in [0, 0.1) is 0 Å². The second kappa shape index (κ2) is 9.99. The van der Waals surface area contributed by atoms with Crippen LogP contribution < -0.4 is 10.2 Å². The van der Waals surface area contributed by atoms with Gasteiger partial charge in [0.2, 0.25) is 5.91 Å². The minimum Gasteiger partial charge on any atom is -0.378 e. The molecule has 1 aliphatic rings. The lowest BCUT2D eigenvalue weighted by atomic mass is 10.2. The SMILES string of the molecule is CCN(CC)C(=S)S[C@H](C)C(=O)Nc1ccc(N2CCOCC2)cc1. The highest BCUT2D eigenvalue weighted by Gasteiger charge is 2.18. The van der Waals surface area contributed by atoms with Gasteiger partial charge in [-0.05, 0) is 45.0 Å².